The minimum absolute atomic E-state index is 0.000570. The molecule has 354 valence electrons. The number of rotatable bonds is 46. The van der Waals surface area contributed by atoms with Gasteiger partial charge in [0.25, 0.3) is 0 Å². The third-order valence-electron chi connectivity index (χ3n) is 11.6. The number of hydrogen-bond acceptors (Lipinski definition) is 5. The number of carbonyl (C=O) groups is 2. The molecule has 0 saturated heterocycles. The van der Waals surface area contributed by atoms with E-state index < -0.39 is 18.2 Å². The number of aliphatic hydroxyl groups is 2. The molecule has 0 aliphatic heterocycles. The number of allylic oxidation sites excluding steroid dienone is 9. The van der Waals surface area contributed by atoms with Crippen molar-refractivity contribution in [2.45, 2.75) is 270 Å². The molecule has 1 amide bonds. The molecule has 0 aromatic carbocycles. The summed E-state index contributed by atoms with van der Waals surface area (Å²) in [4.78, 5) is 26.1. The van der Waals surface area contributed by atoms with Gasteiger partial charge in [-0.15, -0.1) is 0 Å². The zero-order chi connectivity index (χ0) is 44.5. The molecule has 0 aromatic rings. The molecule has 3 N–H and O–H groups in total. The van der Waals surface area contributed by atoms with Gasteiger partial charge < -0.3 is 20.3 Å². The first-order valence-corrected chi connectivity index (χ1v) is 26.0. The van der Waals surface area contributed by atoms with Crippen molar-refractivity contribution in [3.8, 4) is 0 Å². The van der Waals surface area contributed by atoms with Crippen molar-refractivity contribution >= 4 is 11.9 Å². The molecule has 6 heteroatoms. The van der Waals surface area contributed by atoms with Gasteiger partial charge in [0.1, 0.15) is 6.10 Å². The van der Waals surface area contributed by atoms with E-state index in [0.717, 1.165) is 70.6 Å². The Labute approximate surface area is 378 Å². The van der Waals surface area contributed by atoms with Crippen LogP contribution in [0.4, 0.5) is 0 Å². The standard InChI is InChI=1S/C55H99NO5/c1-4-7-10-13-16-19-22-24-26-27-29-31-33-36-39-42-45-48-55(60)61-51(46-43-40-37-34-32-30-28-25-23-20-17-14-11-8-5-2)49-54(59)56-52(50-57)53(58)47-44-41-38-35-21-18-15-12-9-6-3/h8,11,17,20,25,28,32,34,40,43,51-53,57-58H,4-7,9-10,12-16,18-19,21-24,26-27,29-31,33,35-39,41-42,44-50H2,1-3H3,(H,56,59)/b11-8-,20-17-,28-25-,34-32-,43-40-. The zero-order valence-electron chi connectivity index (χ0n) is 40.3. The Morgan fingerprint density at radius 3 is 1.25 bits per heavy atom. The van der Waals surface area contributed by atoms with Crippen LogP contribution in [-0.4, -0.2) is 46.9 Å². The SMILES string of the molecule is CC/C=C\C/C=C\C/C=C\C/C=C\C/C=C\CC(CC(=O)NC(CO)C(O)CCCCCCCCCCCC)OC(=O)CCCCCCCCCCCCCCCCCCC. The van der Waals surface area contributed by atoms with Gasteiger partial charge >= 0.3 is 5.97 Å². The smallest absolute Gasteiger partial charge is 0.306 e. The van der Waals surface area contributed by atoms with Crippen molar-refractivity contribution in [2.75, 3.05) is 6.61 Å². The average Bonchev–Trinajstić information content (AvgIpc) is 3.25. The van der Waals surface area contributed by atoms with Crippen LogP contribution in [0.2, 0.25) is 0 Å². The minimum atomic E-state index is -0.810. The Morgan fingerprint density at radius 1 is 0.492 bits per heavy atom. The van der Waals surface area contributed by atoms with Gasteiger partial charge in [0.15, 0.2) is 0 Å². The van der Waals surface area contributed by atoms with Gasteiger partial charge in [0, 0.05) is 12.8 Å². The van der Waals surface area contributed by atoms with E-state index in [9.17, 15) is 19.8 Å². The third-order valence-corrected chi connectivity index (χ3v) is 11.6. The molecule has 61 heavy (non-hydrogen) atoms. The van der Waals surface area contributed by atoms with Crippen LogP contribution in [0.1, 0.15) is 252 Å². The van der Waals surface area contributed by atoms with Gasteiger partial charge in [-0.3, -0.25) is 9.59 Å². The highest BCUT2D eigenvalue weighted by Crippen LogP contribution is 2.17. The van der Waals surface area contributed by atoms with Crippen LogP contribution in [0, 0.1) is 0 Å². The normalized spacial score (nSPS) is 13.7. The maximum Gasteiger partial charge on any atom is 0.306 e. The molecule has 0 saturated carbocycles. The molecule has 6 nitrogen and oxygen atoms in total. The summed E-state index contributed by atoms with van der Waals surface area (Å²) in [6, 6.07) is -0.731. The molecule has 3 atom stereocenters. The Morgan fingerprint density at radius 2 is 0.852 bits per heavy atom. The lowest BCUT2D eigenvalue weighted by atomic mass is 10.0. The summed E-state index contributed by atoms with van der Waals surface area (Å²) >= 11 is 0. The van der Waals surface area contributed by atoms with E-state index in [1.165, 1.54) is 135 Å². The van der Waals surface area contributed by atoms with E-state index in [1.807, 2.05) is 6.08 Å². The average molecular weight is 854 g/mol. The van der Waals surface area contributed by atoms with Gasteiger partial charge in [0.2, 0.25) is 5.91 Å². The first kappa shape index (κ1) is 58.6. The number of amides is 1. The molecule has 0 aromatic heterocycles. The monoisotopic (exact) mass is 854 g/mol. The number of ether oxygens (including phenoxy) is 1. The fourth-order valence-electron chi connectivity index (χ4n) is 7.69. The Hall–Kier alpha value is -2.44. The number of hydrogen-bond donors (Lipinski definition) is 3. The number of aliphatic hydroxyl groups excluding tert-OH is 2. The van der Waals surface area contributed by atoms with Gasteiger partial charge in [-0.1, -0.05) is 248 Å². The Kier molecular flexibility index (Phi) is 46.6. The van der Waals surface area contributed by atoms with E-state index in [4.69, 9.17) is 4.74 Å². The van der Waals surface area contributed by atoms with Crippen molar-refractivity contribution in [2.24, 2.45) is 0 Å². The topological polar surface area (TPSA) is 95.9 Å². The fourth-order valence-corrected chi connectivity index (χ4v) is 7.69. The van der Waals surface area contributed by atoms with Crippen LogP contribution in [0.5, 0.6) is 0 Å². The van der Waals surface area contributed by atoms with Gasteiger partial charge in [-0.05, 0) is 44.9 Å². The summed E-state index contributed by atoms with van der Waals surface area (Å²) in [6.07, 6.45) is 60.2. The summed E-state index contributed by atoms with van der Waals surface area (Å²) in [5, 5.41) is 23.7. The Bertz CT molecular complexity index is 1090. The lowest BCUT2D eigenvalue weighted by Crippen LogP contribution is -2.46. The first-order chi connectivity index (χ1) is 30.0. The van der Waals surface area contributed by atoms with Crippen molar-refractivity contribution in [3.05, 3.63) is 60.8 Å². The first-order valence-electron chi connectivity index (χ1n) is 26.0. The van der Waals surface area contributed by atoms with E-state index >= 15 is 0 Å². The molecule has 0 aliphatic rings. The van der Waals surface area contributed by atoms with Crippen molar-refractivity contribution in [1.82, 2.24) is 5.32 Å². The molecule has 0 fully saturated rings. The van der Waals surface area contributed by atoms with Crippen LogP contribution in [0.3, 0.4) is 0 Å². The minimum Gasteiger partial charge on any atom is -0.461 e. The summed E-state index contributed by atoms with van der Waals surface area (Å²) < 4.78 is 5.87. The molecule has 0 heterocycles. The molecule has 0 aliphatic carbocycles. The summed E-state index contributed by atoms with van der Waals surface area (Å²) in [5.74, 6) is -0.574. The van der Waals surface area contributed by atoms with E-state index in [2.05, 4.69) is 80.8 Å². The maximum atomic E-state index is 13.2. The fraction of sp³-hybridized carbons (Fsp3) is 0.782. The number of nitrogens with one attached hydrogen (secondary N) is 1. The predicted octanol–water partition coefficient (Wildman–Crippen LogP) is 15.6. The molecule has 0 rings (SSSR count). The van der Waals surface area contributed by atoms with Crippen LogP contribution in [0.25, 0.3) is 0 Å². The lowest BCUT2D eigenvalue weighted by molar-refractivity contribution is -0.150. The van der Waals surface area contributed by atoms with E-state index in [0.29, 0.717) is 19.3 Å². The number of unbranched alkanes of at least 4 members (excludes halogenated alkanes) is 25. The second-order valence-electron chi connectivity index (χ2n) is 17.6. The molecule has 3 unspecified atom stereocenters. The maximum absolute atomic E-state index is 13.2. The second kappa shape index (κ2) is 48.6. The van der Waals surface area contributed by atoms with Crippen LogP contribution < -0.4 is 5.32 Å². The Balaban J connectivity index is 4.67. The summed E-state index contributed by atoms with van der Waals surface area (Å²) in [6.45, 7) is 6.34. The molecule has 0 bridgehead atoms. The van der Waals surface area contributed by atoms with Gasteiger partial charge in [-0.25, -0.2) is 0 Å². The number of esters is 1. The quantitative estimate of drug-likeness (QED) is 0.0322. The van der Waals surface area contributed by atoms with Crippen LogP contribution in [0.15, 0.2) is 60.8 Å². The highest BCUT2D eigenvalue weighted by atomic mass is 16.5. The highest BCUT2D eigenvalue weighted by Gasteiger charge is 2.23. The van der Waals surface area contributed by atoms with Crippen molar-refractivity contribution < 1.29 is 24.5 Å². The van der Waals surface area contributed by atoms with Gasteiger partial charge in [0.05, 0.1) is 25.2 Å². The van der Waals surface area contributed by atoms with E-state index in [1.54, 1.807) is 0 Å². The number of carbonyl (C=O) groups excluding carboxylic acids is 2. The largest absolute Gasteiger partial charge is 0.461 e. The van der Waals surface area contributed by atoms with E-state index in [-0.39, 0.29) is 24.9 Å². The van der Waals surface area contributed by atoms with Gasteiger partial charge in [-0.2, -0.15) is 0 Å². The third kappa shape index (κ3) is 44.0. The highest BCUT2D eigenvalue weighted by molar-refractivity contribution is 5.77. The van der Waals surface area contributed by atoms with Crippen LogP contribution in [-0.2, 0) is 14.3 Å². The summed E-state index contributed by atoms with van der Waals surface area (Å²) in [7, 11) is 0. The van der Waals surface area contributed by atoms with Crippen molar-refractivity contribution in [3.63, 3.8) is 0 Å². The second-order valence-corrected chi connectivity index (χ2v) is 17.6. The zero-order valence-corrected chi connectivity index (χ0v) is 40.3. The molecular weight excluding hydrogens is 755 g/mol. The summed E-state index contributed by atoms with van der Waals surface area (Å²) in [5.41, 5.74) is 0. The molecule has 0 radical (unpaired) electrons. The lowest BCUT2D eigenvalue weighted by Gasteiger charge is -2.24. The van der Waals surface area contributed by atoms with Crippen molar-refractivity contribution in [1.29, 1.82) is 0 Å². The molecule has 0 spiro atoms. The molecular formula is C55H99NO5. The predicted molar refractivity (Wildman–Crippen MR) is 264 cm³/mol. The van der Waals surface area contributed by atoms with Crippen LogP contribution >= 0.6 is 0 Å².